The minimum atomic E-state index is -0.117. The number of para-hydroxylation sites is 4. The normalized spacial score (nSPS) is 12.7. The van der Waals surface area contributed by atoms with Gasteiger partial charge in [0.1, 0.15) is 0 Å². The van der Waals surface area contributed by atoms with Crippen LogP contribution in [-0.4, -0.2) is 9.13 Å². The van der Waals surface area contributed by atoms with Crippen LogP contribution in [0.25, 0.3) is 166 Å². The van der Waals surface area contributed by atoms with Gasteiger partial charge in [-0.1, -0.05) is 337 Å². The van der Waals surface area contributed by atoms with Crippen LogP contribution in [0.4, 0.5) is 34.1 Å². The summed E-state index contributed by atoms with van der Waals surface area (Å²) in [7, 11) is 0. The van der Waals surface area contributed by atoms with Crippen molar-refractivity contribution in [2.24, 2.45) is 0 Å². The van der Waals surface area contributed by atoms with Gasteiger partial charge in [0.15, 0.2) is 0 Å². The zero-order chi connectivity index (χ0) is 84.1. The first-order valence-electron chi connectivity index (χ1n) is 43.8. The molecule has 2 aromatic heterocycles. The van der Waals surface area contributed by atoms with E-state index in [1.807, 2.05) is 0 Å². The predicted octanol–water partition coefficient (Wildman–Crippen LogP) is 33.4. The Bertz CT molecular complexity index is 8010. The number of hydrogen-bond donors (Lipinski definition) is 0. The number of nitrogens with zero attached hydrogens (tertiary/aromatic N) is 4. The van der Waals surface area contributed by atoms with Crippen molar-refractivity contribution < 1.29 is 0 Å². The molecule has 20 aromatic carbocycles. The zero-order valence-electron chi connectivity index (χ0n) is 70.7. The number of fused-ring (bicyclic) bond motifs is 14. The second-order valence-corrected chi connectivity index (χ2v) is 34.8. The molecule has 24 rings (SSSR count). The first-order valence-corrected chi connectivity index (χ1v) is 43.8. The third-order valence-electron chi connectivity index (χ3n) is 26.7. The summed E-state index contributed by atoms with van der Waals surface area (Å²) >= 11 is 0. The molecule has 0 unspecified atom stereocenters. The van der Waals surface area contributed by atoms with Crippen LogP contribution in [0.3, 0.4) is 0 Å². The van der Waals surface area contributed by atoms with Crippen molar-refractivity contribution in [1.82, 2.24) is 9.13 Å². The van der Waals surface area contributed by atoms with Gasteiger partial charge in [0.05, 0.1) is 22.1 Å². The minimum absolute atomic E-state index is 0.116. The molecule has 2 heterocycles. The standard InChI is InChI=1S/2C61H44N2/c1-61(2)57-27-10-8-24-53(57)54-35-34-50(40-58(54)61)62(48-32-29-42(30-33-48)52-26-14-16-41-15-6-7-23-51(41)52)49-22-13-19-45(38-49)43-17-12-18-44(37-43)46-31-36-60-56(39-46)55-25-9-11-28-59(55)63(60)47-20-4-3-5-21-47;1-61(2)57-24-10-8-22-53(57)54-34-33-52(40-58(54)61)62(50-31-28-42(29-32-50)47-27-26-41-14-6-7-15-43(41)36-47)51-21-13-18-46(38-51)44-16-12-17-45(37-44)48-30-35-60-56(39-48)55-23-9-11-25-59(55)63(60)49-19-4-3-5-20-49/h2*3-40H,1-2H3. The van der Waals surface area contributed by atoms with E-state index in [9.17, 15) is 0 Å². The van der Waals surface area contributed by atoms with E-state index in [2.05, 4.69) is 508 Å². The molecule has 596 valence electrons. The van der Waals surface area contributed by atoms with Crippen LogP contribution in [-0.2, 0) is 10.8 Å². The van der Waals surface area contributed by atoms with Crippen LogP contribution >= 0.6 is 0 Å². The Morgan fingerprint density at radius 3 is 0.992 bits per heavy atom. The van der Waals surface area contributed by atoms with Gasteiger partial charge in [-0.3, -0.25) is 0 Å². The summed E-state index contributed by atoms with van der Waals surface area (Å²) in [5, 5.41) is 10.0. The average molecular weight is 1610 g/mol. The van der Waals surface area contributed by atoms with E-state index < -0.39 is 0 Å². The molecule has 0 atom stereocenters. The summed E-state index contributed by atoms with van der Waals surface area (Å²) in [5.41, 5.74) is 38.8. The summed E-state index contributed by atoms with van der Waals surface area (Å²) < 4.78 is 4.75. The van der Waals surface area contributed by atoms with E-state index in [4.69, 9.17) is 0 Å². The molecule has 0 fully saturated rings. The van der Waals surface area contributed by atoms with E-state index in [-0.39, 0.29) is 10.8 Å². The quantitative estimate of drug-likeness (QED) is 0.108. The van der Waals surface area contributed by atoms with Crippen LogP contribution in [0.1, 0.15) is 49.9 Å². The molecular weight excluding hydrogens is 1520 g/mol. The lowest BCUT2D eigenvalue weighted by atomic mass is 9.82. The number of anilines is 6. The predicted molar refractivity (Wildman–Crippen MR) is 534 cm³/mol. The van der Waals surface area contributed by atoms with E-state index in [1.165, 1.54) is 188 Å². The average Bonchev–Trinajstić information content (AvgIpc) is 1.58. The summed E-state index contributed by atoms with van der Waals surface area (Å²) in [5.74, 6) is 0. The molecule has 4 nitrogen and oxygen atoms in total. The van der Waals surface area contributed by atoms with Crippen LogP contribution in [0.15, 0.2) is 461 Å². The Kier molecular flexibility index (Phi) is 18.3. The van der Waals surface area contributed by atoms with Crippen molar-refractivity contribution in [3.63, 3.8) is 0 Å². The molecule has 0 saturated carbocycles. The van der Waals surface area contributed by atoms with Crippen LogP contribution < -0.4 is 9.80 Å². The number of aromatic nitrogens is 2. The van der Waals surface area contributed by atoms with Gasteiger partial charge in [-0.05, 0) is 284 Å². The second-order valence-electron chi connectivity index (χ2n) is 34.8. The molecule has 4 heteroatoms. The van der Waals surface area contributed by atoms with E-state index in [0.717, 1.165) is 34.1 Å². The monoisotopic (exact) mass is 1610 g/mol. The molecular formula is C122H88N4. The van der Waals surface area contributed by atoms with Gasteiger partial charge >= 0.3 is 0 Å². The summed E-state index contributed by atoms with van der Waals surface area (Å²) in [6.45, 7) is 9.43. The number of hydrogen-bond acceptors (Lipinski definition) is 2. The Morgan fingerprint density at radius 1 is 0.167 bits per heavy atom. The second kappa shape index (κ2) is 30.6. The van der Waals surface area contributed by atoms with Crippen LogP contribution in [0.5, 0.6) is 0 Å². The molecule has 0 radical (unpaired) electrons. The maximum atomic E-state index is 2.43. The topological polar surface area (TPSA) is 16.3 Å². The number of benzene rings is 20. The van der Waals surface area contributed by atoms with Crippen molar-refractivity contribution in [2.45, 2.75) is 38.5 Å². The molecule has 2 aliphatic carbocycles. The summed E-state index contributed by atoms with van der Waals surface area (Å²) in [6.07, 6.45) is 0. The third-order valence-corrected chi connectivity index (χ3v) is 26.7. The maximum absolute atomic E-state index is 2.43. The molecule has 0 N–H and O–H groups in total. The van der Waals surface area contributed by atoms with E-state index in [1.54, 1.807) is 0 Å². The van der Waals surface area contributed by atoms with Crippen molar-refractivity contribution in [3.8, 4) is 100 Å². The van der Waals surface area contributed by atoms with E-state index in [0.29, 0.717) is 0 Å². The zero-order valence-corrected chi connectivity index (χ0v) is 70.7. The molecule has 0 bridgehead atoms. The van der Waals surface area contributed by atoms with Gasteiger partial charge in [-0.15, -0.1) is 0 Å². The smallest absolute Gasteiger partial charge is 0.0541 e. The van der Waals surface area contributed by atoms with Gasteiger partial charge < -0.3 is 18.9 Å². The molecule has 2 aliphatic rings. The Balaban J connectivity index is 0.000000145. The highest BCUT2D eigenvalue weighted by Crippen LogP contribution is 2.54. The highest BCUT2D eigenvalue weighted by atomic mass is 15.1. The first-order chi connectivity index (χ1) is 62.0. The van der Waals surface area contributed by atoms with Gasteiger partial charge in [0.2, 0.25) is 0 Å². The first kappa shape index (κ1) is 75.1. The van der Waals surface area contributed by atoms with Crippen molar-refractivity contribution in [2.75, 3.05) is 9.80 Å². The maximum Gasteiger partial charge on any atom is 0.0541 e. The fourth-order valence-electron chi connectivity index (χ4n) is 20.4. The van der Waals surface area contributed by atoms with E-state index >= 15 is 0 Å². The number of rotatable bonds is 14. The molecule has 0 spiro atoms. The molecule has 0 aliphatic heterocycles. The van der Waals surface area contributed by atoms with Crippen molar-refractivity contribution >= 4 is 99.3 Å². The molecule has 126 heavy (non-hydrogen) atoms. The molecule has 0 amide bonds. The van der Waals surface area contributed by atoms with Crippen LogP contribution in [0.2, 0.25) is 0 Å². The SMILES string of the molecule is CC1(C)c2ccccc2-c2ccc(N(c3ccc(-c4ccc5ccccc5c4)cc3)c3cccc(-c4cccc(-c5ccc6c(c5)c5ccccc5n6-c5ccccc5)c4)c3)cc21.CC1(C)c2ccccc2-c2ccc(N(c3ccc(-c4cccc5ccccc45)cc3)c3cccc(-c4cccc(-c5ccc6c(c5)c5ccccc5n6-c5ccccc5)c4)c3)cc21. The largest absolute Gasteiger partial charge is 0.310 e. The molecule has 0 saturated heterocycles. The lowest BCUT2D eigenvalue weighted by molar-refractivity contribution is 0.660. The van der Waals surface area contributed by atoms with Gasteiger partial charge in [0.25, 0.3) is 0 Å². The third kappa shape index (κ3) is 13.0. The Labute approximate surface area is 735 Å². The summed E-state index contributed by atoms with van der Waals surface area (Å²) in [4.78, 5) is 4.85. The minimum Gasteiger partial charge on any atom is -0.310 e. The Hall–Kier alpha value is -15.9. The fraction of sp³-hybridized carbons (Fsp3) is 0.0492. The van der Waals surface area contributed by atoms with Crippen LogP contribution in [0, 0.1) is 0 Å². The lowest BCUT2D eigenvalue weighted by Crippen LogP contribution is -2.16. The fourth-order valence-corrected chi connectivity index (χ4v) is 20.4. The van der Waals surface area contributed by atoms with Gasteiger partial charge in [-0.2, -0.15) is 0 Å². The highest BCUT2D eigenvalue weighted by molar-refractivity contribution is 6.12. The van der Waals surface area contributed by atoms with Gasteiger partial charge in [0, 0.05) is 77.9 Å². The van der Waals surface area contributed by atoms with Crippen molar-refractivity contribution in [1.29, 1.82) is 0 Å². The lowest BCUT2D eigenvalue weighted by Gasteiger charge is -2.28. The van der Waals surface area contributed by atoms with Gasteiger partial charge in [-0.25, -0.2) is 0 Å². The summed E-state index contributed by atoms with van der Waals surface area (Å²) in [6, 6.07) is 169. The highest BCUT2D eigenvalue weighted by Gasteiger charge is 2.38. The Morgan fingerprint density at radius 2 is 0.492 bits per heavy atom. The molecule has 22 aromatic rings. The van der Waals surface area contributed by atoms with Crippen molar-refractivity contribution in [3.05, 3.63) is 483 Å².